The molecule has 1 aromatic rings. The molecule has 5 heteroatoms. The van der Waals surface area contributed by atoms with Crippen molar-refractivity contribution in [2.45, 2.75) is 32.4 Å². The SMILES string of the molecule is Cc1cccc(CNC(=O)C(=O)NC[C@@H]2CCCO2)c1. The average Bonchev–Trinajstić information content (AvgIpc) is 2.95. The molecule has 1 atom stereocenters. The van der Waals surface area contributed by atoms with Crippen LogP contribution in [0.25, 0.3) is 0 Å². The number of aryl methyl sites for hydroxylation is 1. The highest BCUT2D eigenvalue weighted by atomic mass is 16.5. The van der Waals surface area contributed by atoms with Gasteiger partial charge in [-0.25, -0.2) is 0 Å². The van der Waals surface area contributed by atoms with Crippen LogP contribution in [0.1, 0.15) is 24.0 Å². The topological polar surface area (TPSA) is 67.4 Å². The third kappa shape index (κ3) is 4.35. The Kier molecular flexibility index (Phi) is 5.12. The van der Waals surface area contributed by atoms with E-state index in [9.17, 15) is 9.59 Å². The van der Waals surface area contributed by atoms with E-state index in [-0.39, 0.29) is 6.10 Å². The first kappa shape index (κ1) is 14.5. The highest BCUT2D eigenvalue weighted by Crippen LogP contribution is 2.10. The maximum absolute atomic E-state index is 11.6. The number of benzene rings is 1. The van der Waals surface area contributed by atoms with Crippen molar-refractivity contribution in [3.8, 4) is 0 Å². The smallest absolute Gasteiger partial charge is 0.309 e. The lowest BCUT2D eigenvalue weighted by molar-refractivity contribution is -0.139. The van der Waals surface area contributed by atoms with Gasteiger partial charge in [0.25, 0.3) is 0 Å². The molecule has 1 heterocycles. The van der Waals surface area contributed by atoms with Gasteiger partial charge in [-0.1, -0.05) is 29.8 Å². The number of hydrogen-bond acceptors (Lipinski definition) is 3. The second-order valence-corrected chi connectivity index (χ2v) is 5.02. The largest absolute Gasteiger partial charge is 0.376 e. The molecule has 0 radical (unpaired) electrons. The zero-order chi connectivity index (χ0) is 14.4. The van der Waals surface area contributed by atoms with Gasteiger partial charge in [-0.2, -0.15) is 0 Å². The summed E-state index contributed by atoms with van der Waals surface area (Å²) in [7, 11) is 0. The van der Waals surface area contributed by atoms with E-state index in [4.69, 9.17) is 4.74 Å². The van der Waals surface area contributed by atoms with Crippen molar-refractivity contribution in [1.82, 2.24) is 10.6 Å². The lowest BCUT2D eigenvalue weighted by atomic mass is 10.1. The van der Waals surface area contributed by atoms with Crippen molar-refractivity contribution < 1.29 is 14.3 Å². The Labute approximate surface area is 118 Å². The van der Waals surface area contributed by atoms with Gasteiger partial charge < -0.3 is 15.4 Å². The van der Waals surface area contributed by atoms with Gasteiger partial charge >= 0.3 is 11.8 Å². The van der Waals surface area contributed by atoms with Crippen LogP contribution in [0.4, 0.5) is 0 Å². The number of nitrogens with one attached hydrogen (secondary N) is 2. The number of carbonyl (C=O) groups is 2. The van der Waals surface area contributed by atoms with E-state index in [2.05, 4.69) is 10.6 Å². The molecule has 1 fully saturated rings. The summed E-state index contributed by atoms with van der Waals surface area (Å²) >= 11 is 0. The standard InChI is InChI=1S/C15H20N2O3/c1-11-4-2-5-12(8-11)9-16-14(18)15(19)17-10-13-6-3-7-20-13/h2,4-5,8,13H,3,6-7,9-10H2,1H3,(H,16,18)(H,17,19)/t13-/m0/s1. The average molecular weight is 276 g/mol. The Bertz CT molecular complexity index is 482. The summed E-state index contributed by atoms with van der Waals surface area (Å²) in [5.41, 5.74) is 2.10. The van der Waals surface area contributed by atoms with E-state index in [0.717, 1.165) is 30.6 Å². The predicted molar refractivity (Wildman–Crippen MR) is 75.0 cm³/mol. The van der Waals surface area contributed by atoms with Crippen LogP contribution in [0.3, 0.4) is 0 Å². The van der Waals surface area contributed by atoms with Gasteiger partial charge in [0.15, 0.2) is 0 Å². The van der Waals surface area contributed by atoms with E-state index >= 15 is 0 Å². The van der Waals surface area contributed by atoms with Crippen LogP contribution < -0.4 is 10.6 Å². The van der Waals surface area contributed by atoms with Crippen LogP contribution in [0.2, 0.25) is 0 Å². The highest BCUT2D eigenvalue weighted by molar-refractivity contribution is 6.35. The van der Waals surface area contributed by atoms with Crippen LogP contribution in [0, 0.1) is 6.92 Å². The molecule has 1 aliphatic rings. The molecule has 0 spiro atoms. The van der Waals surface area contributed by atoms with E-state index in [1.807, 2.05) is 31.2 Å². The summed E-state index contributed by atoms with van der Waals surface area (Å²) in [6.45, 7) is 3.48. The quantitative estimate of drug-likeness (QED) is 0.803. The van der Waals surface area contributed by atoms with Crippen LogP contribution >= 0.6 is 0 Å². The molecule has 0 saturated carbocycles. The molecule has 108 valence electrons. The molecule has 5 nitrogen and oxygen atoms in total. The van der Waals surface area contributed by atoms with Crippen molar-refractivity contribution in [2.24, 2.45) is 0 Å². The molecule has 0 unspecified atom stereocenters. The van der Waals surface area contributed by atoms with E-state index in [1.165, 1.54) is 0 Å². The minimum Gasteiger partial charge on any atom is -0.376 e. The molecule has 2 rings (SSSR count). The van der Waals surface area contributed by atoms with Gasteiger partial charge in [0, 0.05) is 19.7 Å². The maximum atomic E-state index is 11.6. The number of amides is 2. The van der Waals surface area contributed by atoms with Crippen molar-refractivity contribution in [3.05, 3.63) is 35.4 Å². The van der Waals surface area contributed by atoms with Crippen molar-refractivity contribution >= 4 is 11.8 Å². The highest BCUT2D eigenvalue weighted by Gasteiger charge is 2.18. The van der Waals surface area contributed by atoms with Crippen molar-refractivity contribution in [1.29, 1.82) is 0 Å². The molecule has 20 heavy (non-hydrogen) atoms. The molecule has 2 N–H and O–H groups in total. The van der Waals surface area contributed by atoms with Gasteiger partial charge in [-0.05, 0) is 25.3 Å². The van der Waals surface area contributed by atoms with E-state index in [1.54, 1.807) is 0 Å². The fourth-order valence-corrected chi connectivity index (χ4v) is 2.18. The third-order valence-electron chi connectivity index (χ3n) is 3.26. The lowest BCUT2D eigenvalue weighted by Gasteiger charge is -2.10. The van der Waals surface area contributed by atoms with Crippen molar-refractivity contribution in [2.75, 3.05) is 13.2 Å². The van der Waals surface area contributed by atoms with E-state index < -0.39 is 11.8 Å². The zero-order valence-corrected chi connectivity index (χ0v) is 11.6. The first-order valence-corrected chi connectivity index (χ1v) is 6.88. The summed E-state index contributed by atoms with van der Waals surface area (Å²) in [4.78, 5) is 23.3. The predicted octanol–water partition coefficient (Wildman–Crippen LogP) is 0.906. The van der Waals surface area contributed by atoms with Crippen LogP contribution in [-0.4, -0.2) is 31.1 Å². The monoisotopic (exact) mass is 276 g/mol. The second kappa shape index (κ2) is 7.05. The number of carbonyl (C=O) groups excluding carboxylic acids is 2. The Balaban J connectivity index is 1.72. The summed E-state index contributed by atoms with van der Waals surface area (Å²) in [5, 5.41) is 5.21. The van der Waals surface area contributed by atoms with Crippen LogP contribution in [-0.2, 0) is 20.9 Å². The lowest BCUT2D eigenvalue weighted by Crippen LogP contribution is -2.42. The minimum atomic E-state index is -0.607. The molecule has 1 aromatic carbocycles. The zero-order valence-electron chi connectivity index (χ0n) is 11.6. The van der Waals surface area contributed by atoms with Crippen LogP contribution in [0.15, 0.2) is 24.3 Å². The van der Waals surface area contributed by atoms with Gasteiger partial charge in [-0.3, -0.25) is 9.59 Å². The second-order valence-electron chi connectivity index (χ2n) is 5.02. The number of ether oxygens (including phenoxy) is 1. The third-order valence-corrected chi connectivity index (χ3v) is 3.26. The van der Waals surface area contributed by atoms with Gasteiger partial charge in [0.1, 0.15) is 0 Å². The fourth-order valence-electron chi connectivity index (χ4n) is 2.18. The molecule has 0 bridgehead atoms. The summed E-state index contributed by atoms with van der Waals surface area (Å²) in [6.07, 6.45) is 1.99. The first-order chi connectivity index (χ1) is 9.65. The molecule has 1 aliphatic heterocycles. The first-order valence-electron chi connectivity index (χ1n) is 6.88. The molecule has 0 aromatic heterocycles. The summed E-state index contributed by atoms with van der Waals surface area (Å²) in [5.74, 6) is -1.21. The van der Waals surface area contributed by atoms with Gasteiger partial charge in [0.05, 0.1) is 6.10 Å². The van der Waals surface area contributed by atoms with Crippen LogP contribution in [0.5, 0.6) is 0 Å². The van der Waals surface area contributed by atoms with Gasteiger partial charge in [-0.15, -0.1) is 0 Å². The minimum absolute atomic E-state index is 0.0449. The van der Waals surface area contributed by atoms with Gasteiger partial charge in [0.2, 0.25) is 0 Å². The number of rotatable bonds is 4. The Morgan fingerprint density at radius 2 is 2.10 bits per heavy atom. The molecule has 0 aliphatic carbocycles. The fraction of sp³-hybridized carbons (Fsp3) is 0.467. The maximum Gasteiger partial charge on any atom is 0.309 e. The normalized spacial score (nSPS) is 17.8. The molecule has 2 amide bonds. The Hall–Kier alpha value is -1.88. The molecular weight excluding hydrogens is 256 g/mol. The molecular formula is C15H20N2O3. The van der Waals surface area contributed by atoms with E-state index in [0.29, 0.717) is 13.1 Å². The number of hydrogen-bond donors (Lipinski definition) is 2. The molecule has 1 saturated heterocycles. The van der Waals surface area contributed by atoms with Crippen molar-refractivity contribution in [3.63, 3.8) is 0 Å². The summed E-state index contributed by atoms with van der Waals surface area (Å²) in [6, 6.07) is 7.80. The Morgan fingerprint density at radius 1 is 1.30 bits per heavy atom. The Morgan fingerprint density at radius 3 is 2.80 bits per heavy atom. The summed E-state index contributed by atoms with van der Waals surface area (Å²) < 4.78 is 5.38.